The lowest BCUT2D eigenvalue weighted by atomic mass is 10.0. The van der Waals surface area contributed by atoms with Crippen molar-refractivity contribution in [3.8, 4) is 11.1 Å². The normalized spacial score (nSPS) is 13.5. The van der Waals surface area contributed by atoms with Crippen LogP contribution in [-0.2, 0) is 6.18 Å². The molecule has 1 aromatic heterocycles. The van der Waals surface area contributed by atoms with Crippen LogP contribution in [0.1, 0.15) is 23.0 Å². The van der Waals surface area contributed by atoms with Gasteiger partial charge in [0.2, 0.25) is 0 Å². The molecular weight excluding hydrogens is 341 g/mol. The molecule has 4 N–H and O–H groups in total. The van der Waals surface area contributed by atoms with Crippen LogP contribution in [0.15, 0.2) is 36.4 Å². The third kappa shape index (κ3) is 2.88. The molecule has 0 amide bonds. The van der Waals surface area contributed by atoms with Crippen LogP contribution in [-0.4, -0.2) is 10.1 Å². The van der Waals surface area contributed by atoms with Gasteiger partial charge in [-0.25, -0.2) is 0 Å². The predicted molar refractivity (Wildman–Crippen MR) is 87.6 cm³/mol. The van der Waals surface area contributed by atoms with E-state index in [2.05, 4.69) is 4.98 Å². The van der Waals surface area contributed by atoms with E-state index in [1.807, 2.05) is 0 Å². The summed E-state index contributed by atoms with van der Waals surface area (Å²) >= 11 is 6.15. The molecule has 3 nitrogen and oxygen atoms in total. The highest BCUT2D eigenvalue weighted by Crippen LogP contribution is 2.37. The Morgan fingerprint density at radius 3 is 2.33 bits per heavy atom. The number of aliphatic hydroxyl groups is 1. The molecule has 2 aromatic carbocycles. The number of hydrogen-bond donors (Lipinski definition) is 3. The molecule has 0 bridgehead atoms. The Hall–Kier alpha value is -2.02. The maximum Gasteiger partial charge on any atom is 0.416 e. The maximum atomic E-state index is 12.7. The fourth-order valence-electron chi connectivity index (χ4n) is 2.77. The SMILES string of the molecule is Cc1c(C(N)O)[nH]c2c(-c3ccc(C(F)(F)F)cc3)cc(Cl)cc12. The number of nitrogens with two attached hydrogens (primary N) is 1. The van der Waals surface area contributed by atoms with Crippen LogP contribution in [0, 0.1) is 6.92 Å². The molecular formula is C17H14ClF3N2O. The molecule has 1 unspecified atom stereocenters. The predicted octanol–water partition coefficient (Wildman–Crippen LogP) is 4.77. The van der Waals surface area contributed by atoms with Gasteiger partial charge < -0.3 is 15.8 Å². The van der Waals surface area contributed by atoms with Crippen molar-refractivity contribution in [3.63, 3.8) is 0 Å². The van der Waals surface area contributed by atoms with E-state index in [4.69, 9.17) is 17.3 Å². The monoisotopic (exact) mass is 354 g/mol. The van der Waals surface area contributed by atoms with Crippen LogP contribution in [0.4, 0.5) is 13.2 Å². The van der Waals surface area contributed by atoms with E-state index in [1.165, 1.54) is 12.1 Å². The second kappa shape index (κ2) is 5.81. The van der Waals surface area contributed by atoms with Gasteiger partial charge in [-0.3, -0.25) is 0 Å². The van der Waals surface area contributed by atoms with Gasteiger partial charge in [0.15, 0.2) is 0 Å². The first-order chi connectivity index (χ1) is 11.2. The average molecular weight is 355 g/mol. The molecule has 0 radical (unpaired) electrons. The van der Waals surface area contributed by atoms with Gasteiger partial charge in [0.05, 0.1) is 16.8 Å². The minimum Gasteiger partial charge on any atom is -0.373 e. The van der Waals surface area contributed by atoms with Crippen LogP contribution < -0.4 is 5.73 Å². The molecule has 0 spiro atoms. The Bertz CT molecular complexity index is 899. The smallest absolute Gasteiger partial charge is 0.373 e. The molecule has 0 saturated carbocycles. The summed E-state index contributed by atoms with van der Waals surface area (Å²) in [4.78, 5) is 3.05. The summed E-state index contributed by atoms with van der Waals surface area (Å²) in [6.07, 6.45) is -5.57. The lowest BCUT2D eigenvalue weighted by molar-refractivity contribution is -0.137. The lowest BCUT2D eigenvalue weighted by Crippen LogP contribution is -2.09. The number of nitrogens with one attached hydrogen (secondary N) is 1. The average Bonchev–Trinajstić information content (AvgIpc) is 2.83. The molecule has 0 saturated heterocycles. The number of aryl methyl sites for hydroxylation is 1. The van der Waals surface area contributed by atoms with E-state index in [-0.39, 0.29) is 0 Å². The zero-order chi connectivity index (χ0) is 17.6. The van der Waals surface area contributed by atoms with Crippen molar-refractivity contribution in [1.82, 2.24) is 4.98 Å². The van der Waals surface area contributed by atoms with E-state index in [0.29, 0.717) is 27.4 Å². The molecule has 3 aromatic rings. The highest BCUT2D eigenvalue weighted by atomic mass is 35.5. The maximum absolute atomic E-state index is 12.7. The molecule has 1 atom stereocenters. The van der Waals surface area contributed by atoms with Crippen molar-refractivity contribution < 1.29 is 18.3 Å². The first-order valence-electron chi connectivity index (χ1n) is 7.11. The number of hydrogen-bond acceptors (Lipinski definition) is 2. The second-order valence-electron chi connectivity index (χ2n) is 5.56. The van der Waals surface area contributed by atoms with Crippen LogP contribution in [0.3, 0.4) is 0 Å². The van der Waals surface area contributed by atoms with E-state index < -0.39 is 18.0 Å². The summed E-state index contributed by atoms with van der Waals surface area (Å²) in [6.45, 7) is 1.79. The topological polar surface area (TPSA) is 62.0 Å². The van der Waals surface area contributed by atoms with Gasteiger partial charge in [-0.1, -0.05) is 23.7 Å². The Balaban J connectivity index is 2.20. The number of aromatic amines is 1. The molecule has 0 aliphatic rings. The summed E-state index contributed by atoms with van der Waals surface area (Å²) in [5.74, 6) is 0. The zero-order valence-electron chi connectivity index (χ0n) is 12.6. The van der Waals surface area contributed by atoms with Crippen molar-refractivity contribution in [2.45, 2.75) is 19.3 Å². The molecule has 0 aliphatic heterocycles. The van der Waals surface area contributed by atoms with Crippen LogP contribution >= 0.6 is 11.6 Å². The lowest BCUT2D eigenvalue weighted by Gasteiger charge is -2.09. The highest BCUT2D eigenvalue weighted by Gasteiger charge is 2.30. The van der Waals surface area contributed by atoms with Gasteiger partial charge in [-0.05, 0) is 42.3 Å². The van der Waals surface area contributed by atoms with Gasteiger partial charge in [-0.15, -0.1) is 0 Å². The first-order valence-corrected chi connectivity index (χ1v) is 7.49. The summed E-state index contributed by atoms with van der Waals surface area (Å²) in [6, 6.07) is 8.22. The van der Waals surface area contributed by atoms with E-state index in [9.17, 15) is 18.3 Å². The van der Waals surface area contributed by atoms with Crippen LogP contribution in [0.5, 0.6) is 0 Å². The Kier molecular flexibility index (Phi) is 4.07. The third-order valence-electron chi connectivity index (χ3n) is 3.99. The third-order valence-corrected chi connectivity index (χ3v) is 4.21. The zero-order valence-corrected chi connectivity index (χ0v) is 13.3. The molecule has 126 valence electrons. The van der Waals surface area contributed by atoms with Crippen molar-refractivity contribution in [2.75, 3.05) is 0 Å². The quantitative estimate of drug-likeness (QED) is 0.581. The number of alkyl halides is 3. The fraction of sp³-hybridized carbons (Fsp3) is 0.176. The molecule has 0 fully saturated rings. The molecule has 7 heteroatoms. The van der Waals surface area contributed by atoms with Crippen molar-refractivity contribution in [3.05, 3.63) is 58.2 Å². The number of halogens is 4. The Morgan fingerprint density at radius 1 is 1.17 bits per heavy atom. The van der Waals surface area contributed by atoms with Gasteiger partial charge in [0, 0.05) is 16.0 Å². The molecule has 0 aliphatic carbocycles. The van der Waals surface area contributed by atoms with Gasteiger partial charge in [0.1, 0.15) is 6.23 Å². The van der Waals surface area contributed by atoms with Crippen LogP contribution in [0.25, 0.3) is 22.0 Å². The number of aromatic nitrogens is 1. The van der Waals surface area contributed by atoms with E-state index in [1.54, 1.807) is 19.1 Å². The van der Waals surface area contributed by atoms with E-state index in [0.717, 1.165) is 23.1 Å². The number of fused-ring (bicyclic) bond motifs is 1. The minimum absolute atomic E-state index is 0.442. The van der Waals surface area contributed by atoms with Gasteiger partial charge in [-0.2, -0.15) is 13.2 Å². The standard InChI is InChI=1S/C17H14ClF3N2O/c1-8-12-6-11(18)7-13(15(12)23-14(8)16(22)24)9-2-4-10(5-3-9)17(19,20)21/h2-7,16,23-24H,22H2,1H3. The Labute approximate surface area is 140 Å². The highest BCUT2D eigenvalue weighted by molar-refractivity contribution is 6.32. The first kappa shape index (κ1) is 16.8. The summed E-state index contributed by atoms with van der Waals surface area (Å²) in [5.41, 5.74) is 7.89. The van der Waals surface area contributed by atoms with Crippen molar-refractivity contribution >= 4 is 22.5 Å². The Morgan fingerprint density at radius 2 is 1.79 bits per heavy atom. The molecule has 24 heavy (non-hydrogen) atoms. The van der Waals surface area contributed by atoms with Gasteiger partial charge in [0.25, 0.3) is 0 Å². The van der Waals surface area contributed by atoms with Crippen LogP contribution in [0.2, 0.25) is 5.02 Å². The second-order valence-corrected chi connectivity index (χ2v) is 6.00. The number of H-pyrrole nitrogens is 1. The van der Waals surface area contributed by atoms with Crippen molar-refractivity contribution in [2.24, 2.45) is 5.73 Å². The summed E-state index contributed by atoms with van der Waals surface area (Å²) < 4.78 is 38.1. The van der Waals surface area contributed by atoms with E-state index >= 15 is 0 Å². The number of rotatable bonds is 2. The number of aliphatic hydroxyl groups excluding tert-OH is 1. The number of benzene rings is 2. The molecule has 3 rings (SSSR count). The fourth-order valence-corrected chi connectivity index (χ4v) is 2.99. The summed E-state index contributed by atoms with van der Waals surface area (Å²) in [7, 11) is 0. The summed E-state index contributed by atoms with van der Waals surface area (Å²) in [5, 5.41) is 10.9. The minimum atomic E-state index is -4.39. The molecule has 1 heterocycles. The van der Waals surface area contributed by atoms with Gasteiger partial charge >= 0.3 is 6.18 Å². The largest absolute Gasteiger partial charge is 0.416 e. The van der Waals surface area contributed by atoms with Crippen molar-refractivity contribution in [1.29, 1.82) is 0 Å².